The van der Waals surface area contributed by atoms with Gasteiger partial charge in [-0.2, -0.15) is 0 Å². The molecule has 0 radical (unpaired) electrons. The number of para-hydroxylation sites is 1. The third-order valence-corrected chi connectivity index (χ3v) is 5.82. The third-order valence-electron chi connectivity index (χ3n) is 4.72. The van der Waals surface area contributed by atoms with Gasteiger partial charge in [0.25, 0.3) is 0 Å². The molecular formula is C17H24BNO2S. The number of unbranched alkanes of at least 4 members (excludes halogenated alkanes) is 1. The van der Waals surface area contributed by atoms with Crippen LogP contribution in [0.15, 0.2) is 24.3 Å². The van der Waals surface area contributed by atoms with E-state index in [1.807, 2.05) is 6.07 Å². The molecule has 0 N–H and O–H groups in total. The summed E-state index contributed by atoms with van der Waals surface area (Å²) in [4.78, 5) is 4.68. The van der Waals surface area contributed by atoms with Crippen molar-refractivity contribution >= 4 is 28.7 Å². The average Bonchev–Trinajstić information content (AvgIpc) is 2.93. The number of hydrogen-bond acceptors (Lipinski definition) is 4. The van der Waals surface area contributed by atoms with Crippen molar-refractivity contribution in [3.63, 3.8) is 0 Å². The summed E-state index contributed by atoms with van der Waals surface area (Å²) in [5.74, 6) is 0. The molecule has 0 aliphatic carbocycles. The van der Waals surface area contributed by atoms with Crippen LogP contribution >= 0.6 is 11.3 Å². The Hall–Kier alpha value is -0.905. The third kappa shape index (κ3) is 3.22. The minimum atomic E-state index is -0.218. The van der Waals surface area contributed by atoms with Crippen molar-refractivity contribution in [1.82, 2.24) is 4.98 Å². The molecule has 5 heteroatoms. The lowest BCUT2D eigenvalue weighted by Gasteiger charge is -2.32. The summed E-state index contributed by atoms with van der Waals surface area (Å²) < 4.78 is 13.3. The van der Waals surface area contributed by atoms with Crippen LogP contribution in [0.1, 0.15) is 45.5 Å². The summed E-state index contributed by atoms with van der Waals surface area (Å²) in [6.45, 7) is 8.42. The Morgan fingerprint density at radius 2 is 1.73 bits per heavy atom. The minimum absolute atomic E-state index is 0.0691. The Morgan fingerprint density at radius 3 is 2.41 bits per heavy atom. The lowest BCUT2D eigenvalue weighted by Crippen LogP contribution is -2.41. The zero-order valence-electron chi connectivity index (χ0n) is 13.9. The van der Waals surface area contributed by atoms with E-state index in [-0.39, 0.29) is 18.3 Å². The molecule has 2 aromatic rings. The highest BCUT2D eigenvalue weighted by atomic mass is 32.1. The van der Waals surface area contributed by atoms with Crippen LogP contribution < -0.4 is 0 Å². The van der Waals surface area contributed by atoms with Crippen LogP contribution in [0.25, 0.3) is 10.2 Å². The first-order valence-corrected chi connectivity index (χ1v) is 8.89. The Bertz CT molecular complexity index is 604. The molecule has 0 bridgehead atoms. The average molecular weight is 317 g/mol. The summed E-state index contributed by atoms with van der Waals surface area (Å²) in [6.07, 6.45) is 4.23. The molecule has 0 saturated carbocycles. The van der Waals surface area contributed by atoms with Crippen LogP contribution in [0.2, 0.25) is 6.32 Å². The molecule has 0 atom stereocenters. The Balaban J connectivity index is 1.46. The molecule has 3 rings (SSSR count). The number of hydrogen-bond donors (Lipinski definition) is 0. The fourth-order valence-corrected chi connectivity index (χ4v) is 3.71. The van der Waals surface area contributed by atoms with Crippen LogP contribution in [0.3, 0.4) is 0 Å². The molecule has 3 nitrogen and oxygen atoms in total. The lowest BCUT2D eigenvalue weighted by atomic mass is 9.82. The predicted octanol–water partition coefficient (Wildman–Crippen LogP) is 4.71. The molecule has 1 aromatic carbocycles. The van der Waals surface area contributed by atoms with Crippen LogP contribution in [0.4, 0.5) is 0 Å². The van der Waals surface area contributed by atoms with E-state index in [2.05, 4.69) is 50.9 Å². The van der Waals surface area contributed by atoms with Gasteiger partial charge in [-0.1, -0.05) is 18.6 Å². The molecule has 1 aliphatic rings. The molecule has 1 saturated heterocycles. The Kier molecular flexibility index (Phi) is 4.32. The zero-order chi connectivity index (χ0) is 15.8. The van der Waals surface area contributed by atoms with E-state index in [0.717, 1.165) is 31.1 Å². The van der Waals surface area contributed by atoms with Gasteiger partial charge in [0.1, 0.15) is 0 Å². The van der Waals surface area contributed by atoms with E-state index in [1.54, 1.807) is 11.3 Å². The maximum Gasteiger partial charge on any atom is 0.457 e. The van der Waals surface area contributed by atoms with Crippen LogP contribution in [0, 0.1) is 0 Å². The summed E-state index contributed by atoms with van der Waals surface area (Å²) >= 11 is 1.81. The molecule has 0 spiro atoms. The zero-order valence-corrected chi connectivity index (χ0v) is 14.7. The largest absolute Gasteiger partial charge is 0.457 e. The topological polar surface area (TPSA) is 31.4 Å². The van der Waals surface area contributed by atoms with Gasteiger partial charge < -0.3 is 9.31 Å². The van der Waals surface area contributed by atoms with E-state index in [9.17, 15) is 0 Å². The second kappa shape index (κ2) is 5.95. The quantitative estimate of drug-likeness (QED) is 0.591. The maximum atomic E-state index is 6.03. The predicted molar refractivity (Wildman–Crippen MR) is 93.4 cm³/mol. The Morgan fingerprint density at radius 1 is 1.05 bits per heavy atom. The molecule has 2 heterocycles. The first kappa shape index (κ1) is 16.0. The summed E-state index contributed by atoms with van der Waals surface area (Å²) in [7, 11) is -0.0691. The van der Waals surface area contributed by atoms with Crippen LogP contribution in [-0.4, -0.2) is 23.3 Å². The van der Waals surface area contributed by atoms with Crippen LogP contribution in [0.5, 0.6) is 0 Å². The number of fused-ring (bicyclic) bond motifs is 1. The molecule has 0 amide bonds. The number of aryl methyl sites for hydroxylation is 1. The van der Waals surface area contributed by atoms with Gasteiger partial charge in [-0.15, -0.1) is 11.3 Å². The molecule has 22 heavy (non-hydrogen) atoms. The number of rotatable bonds is 5. The molecule has 0 unspecified atom stereocenters. The highest BCUT2D eigenvalue weighted by molar-refractivity contribution is 7.18. The molecule has 1 aliphatic heterocycles. The summed E-state index contributed by atoms with van der Waals surface area (Å²) in [5.41, 5.74) is 0.684. The molecule has 118 valence electrons. The molecule has 1 aromatic heterocycles. The summed E-state index contributed by atoms with van der Waals surface area (Å²) in [6, 6.07) is 8.34. The highest BCUT2D eigenvalue weighted by Gasteiger charge is 2.50. The first-order valence-electron chi connectivity index (χ1n) is 8.07. The van der Waals surface area contributed by atoms with Crippen molar-refractivity contribution in [1.29, 1.82) is 0 Å². The van der Waals surface area contributed by atoms with Gasteiger partial charge in [-0.3, -0.25) is 0 Å². The monoisotopic (exact) mass is 317 g/mol. The molecular weight excluding hydrogens is 293 g/mol. The van der Waals surface area contributed by atoms with E-state index >= 15 is 0 Å². The standard InChI is InChI=1S/C17H24BNO2S/c1-16(2)17(3,4)21-18(20-16)12-8-7-11-15-19-13-9-5-6-10-14(13)22-15/h5-6,9-10H,7-8,11-12H2,1-4H3. The van der Waals surface area contributed by atoms with Crippen molar-refractivity contribution in [2.45, 2.75) is 64.5 Å². The van der Waals surface area contributed by atoms with Gasteiger partial charge in [0, 0.05) is 0 Å². The normalized spacial score (nSPS) is 19.9. The van der Waals surface area contributed by atoms with Crippen molar-refractivity contribution in [3.8, 4) is 0 Å². The van der Waals surface area contributed by atoms with Crippen molar-refractivity contribution in [2.24, 2.45) is 0 Å². The second-order valence-corrected chi connectivity index (χ2v) is 8.12. The second-order valence-electron chi connectivity index (χ2n) is 7.01. The van der Waals surface area contributed by atoms with Crippen molar-refractivity contribution in [2.75, 3.05) is 0 Å². The first-order chi connectivity index (χ1) is 10.4. The van der Waals surface area contributed by atoms with E-state index in [4.69, 9.17) is 9.31 Å². The minimum Gasteiger partial charge on any atom is -0.403 e. The highest BCUT2D eigenvalue weighted by Crippen LogP contribution is 2.38. The van der Waals surface area contributed by atoms with Gasteiger partial charge in [0.2, 0.25) is 0 Å². The number of aromatic nitrogens is 1. The van der Waals surface area contributed by atoms with Crippen molar-refractivity contribution in [3.05, 3.63) is 29.3 Å². The number of thiazole rings is 1. The lowest BCUT2D eigenvalue weighted by molar-refractivity contribution is 0.00578. The van der Waals surface area contributed by atoms with Gasteiger partial charge >= 0.3 is 7.12 Å². The summed E-state index contributed by atoms with van der Waals surface area (Å²) in [5, 5.41) is 1.23. The fraction of sp³-hybridized carbons (Fsp3) is 0.588. The van der Waals surface area contributed by atoms with Gasteiger partial charge in [-0.05, 0) is 59.0 Å². The van der Waals surface area contributed by atoms with Crippen LogP contribution in [-0.2, 0) is 15.7 Å². The van der Waals surface area contributed by atoms with Gasteiger partial charge in [0.05, 0.1) is 26.4 Å². The van der Waals surface area contributed by atoms with E-state index in [1.165, 1.54) is 9.71 Å². The number of benzene rings is 1. The van der Waals surface area contributed by atoms with Crippen molar-refractivity contribution < 1.29 is 9.31 Å². The fourth-order valence-electron chi connectivity index (χ4n) is 2.70. The smallest absolute Gasteiger partial charge is 0.403 e. The maximum absolute atomic E-state index is 6.03. The van der Waals surface area contributed by atoms with E-state index < -0.39 is 0 Å². The van der Waals surface area contributed by atoms with Gasteiger partial charge in [0.15, 0.2) is 0 Å². The SMILES string of the molecule is CC1(C)OB(CCCCc2nc3ccccc3s2)OC1(C)C. The number of nitrogens with zero attached hydrogens (tertiary/aromatic N) is 1. The van der Waals surface area contributed by atoms with Gasteiger partial charge in [-0.25, -0.2) is 4.98 Å². The molecule has 1 fully saturated rings. The Labute approximate surface area is 137 Å². The van der Waals surface area contributed by atoms with E-state index in [0.29, 0.717) is 0 Å².